The van der Waals surface area contributed by atoms with Crippen molar-refractivity contribution in [2.24, 2.45) is 0 Å². The van der Waals surface area contributed by atoms with Crippen LogP contribution in [0.15, 0.2) is 36.4 Å². The molecule has 0 spiro atoms. The molecule has 5 heteroatoms. The van der Waals surface area contributed by atoms with Crippen molar-refractivity contribution in [1.29, 1.82) is 0 Å². The summed E-state index contributed by atoms with van der Waals surface area (Å²) < 4.78 is 18.5. The van der Waals surface area contributed by atoms with Crippen LogP contribution in [0.5, 0.6) is 5.88 Å². The summed E-state index contributed by atoms with van der Waals surface area (Å²) in [4.78, 5) is 0. The normalized spacial score (nSPS) is 10.1. The molecule has 0 unspecified atom stereocenters. The Labute approximate surface area is 96.8 Å². The molecule has 0 aliphatic rings. The first-order valence-corrected chi connectivity index (χ1v) is 4.99. The number of aromatic nitrogens is 2. The molecule has 0 aliphatic heterocycles. The van der Waals surface area contributed by atoms with E-state index in [1.165, 1.54) is 6.07 Å². The molecule has 1 heterocycles. The van der Waals surface area contributed by atoms with Gasteiger partial charge in [-0.05, 0) is 12.1 Å². The van der Waals surface area contributed by atoms with Gasteiger partial charge in [0.1, 0.15) is 12.4 Å². The lowest BCUT2D eigenvalue weighted by atomic mass is 10.2. The number of rotatable bonds is 3. The number of nitrogens with zero attached hydrogens (tertiary/aromatic N) is 2. The van der Waals surface area contributed by atoms with E-state index in [0.29, 0.717) is 16.6 Å². The third-order valence-electron chi connectivity index (χ3n) is 1.94. The minimum absolute atomic E-state index is 0.114. The summed E-state index contributed by atoms with van der Waals surface area (Å²) in [6, 6.07) is 9.54. The Hall–Kier alpha value is -1.68. The molecule has 0 fully saturated rings. The van der Waals surface area contributed by atoms with Crippen molar-refractivity contribution >= 4 is 11.6 Å². The Morgan fingerprint density at radius 3 is 2.62 bits per heavy atom. The molecule has 3 nitrogen and oxygen atoms in total. The van der Waals surface area contributed by atoms with E-state index < -0.39 is 0 Å². The second kappa shape index (κ2) is 4.90. The van der Waals surface area contributed by atoms with Gasteiger partial charge in [0.2, 0.25) is 5.88 Å². The van der Waals surface area contributed by atoms with Crippen LogP contribution in [0.3, 0.4) is 0 Å². The lowest BCUT2D eigenvalue weighted by Gasteiger charge is -2.05. The number of hydrogen-bond acceptors (Lipinski definition) is 3. The maximum absolute atomic E-state index is 13.2. The topological polar surface area (TPSA) is 35.0 Å². The van der Waals surface area contributed by atoms with Crippen molar-refractivity contribution in [3.63, 3.8) is 0 Å². The zero-order chi connectivity index (χ0) is 11.4. The molecule has 2 rings (SSSR count). The number of ether oxygens (including phenoxy) is 1. The van der Waals surface area contributed by atoms with Crippen LogP contribution in [-0.4, -0.2) is 10.2 Å². The van der Waals surface area contributed by atoms with Crippen LogP contribution >= 0.6 is 11.6 Å². The third-order valence-corrected chi connectivity index (χ3v) is 2.14. The highest BCUT2D eigenvalue weighted by molar-refractivity contribution is 6.29. The minimum atomic E-state index is -0.301. The molecular formula is C11H8ClFN2O. The molecule has 0 N–H and O–H groups in total. The summed E-state index contributed by atoms with van der Waals surface area (Å²) >= 11 is 5.56. The van der Waals surface area contributed by atoms with E-state index in [-0.39, 0.29) is 12.4 Å². The smallest absolute Gasteiger partial charge is 0.233 e. The van der Waals surface area contributed by atoms with E-state index in [0.717, 1.165) is 0 Å². The average molecular weight is 239 g/mol. The number of hydrogen-bond donors (Lipinski definition) is 0. The van der Waals surface area contributed by atoms with E-state index in [4.69, 9.17) is 16.3 Å². The van der Waals surface area contributed by atoms with Gasteiger partial charge in [0.05, 0.1) is 0 Å². The summed E-state index contributed by atoms with van der Waals surface area (Å²) in [5, 5.41) is 7.60. The van der Waals surface area contributed by atoms with Gasteiger partial charge in [-0.3, -0.25) is 0 Å². The van der Waals surface area contributed by atoms with Gasteiger partial charge in [0.25, 0.3) is 0 Å². The molecule has 2 aromatic rings. The van der Waals surface area contributed by atoms with E-state index in [9.17, 15) is 4.39 Å². The first-order chi connectivity index (χ1) is 7.75. The van der Waals surface area contributed by atoms with Crippen molar-refractivity contribution < 1.29 is 9.13 Å². The van der Waals surface area contributed by atoms with Crippen LogP contribution in [0.1, 0.15) is 5.56 Å². The van der Waals surface area contributed by atoms with Crippen LogP contribution in [-0.2, 0) is 6.61 Å². The van der Waals surface area contributed by atoms with Crippen molar-refractivity contribution in [2.45, 2.75) is 6.61 Å². The highest BCUT2D eigenvalue weighted by atomic mass is 35.5. The van der Waals surface area contributed by atoms with Gasteiger partial charge >= 0.3 is 0 Å². The van der Waals surface area contributed by atoms with E-state index in [1.807, 2.05) is 0 Å². The quantitative estimate of drug-likeness (QED) is 0.825. The lowest BCUT2D eigenvalue weighted by molar-refractivity contribution is 0.284. The molecule has 0 radical (unpaired) electrons. The zero-order valence-electron chi connectivity index (χ0n) is 8.23. The summed E-state index contributed by atoms with van der Waals surface area (Å²) in [7, 11) is 0. The second-order valence-electron chi connectivity index (χ2n) is 3.07. The third kappa shape index (κ3) is 2.67. The van der Waals surface area contributed by atoms with Gasteiger partial charge in [-0.15, -0.1) is 10.2 Å². The molecule has 1 aromatic heterocycles. The summed E-state index contributed by atoms with van der Waals surface area (Å²) in [5.74, 6) is 0.0112. The number of halogens is 2. The molecular weight excluding hydrogens is 231 g/mol. The molecule has 0 amide bonds. The summed E-state index contributed by atoms with van der Waals surface area (Å²) in [5.41, 5.74) is 0.472. The Morgan fingerprint density at radius 2 is 1.94 bits per heavy atom. The van der Waals surface area contributed by atoms with Gasteiger partial charge in [0, 0.05) is 11.6 Å². The Balaban J connectivity index is 2.02. The van der Waals surface area contributed by atoms with Crippen molar-refractivity contribution in [2.75, 3.05) is 0 Å². The number of benzene rings is 1. The summed E-state index contributed by atoms with van der Waals surface area (Å²) in [6.45, 7) is 0.114. The Kier molecular flexibility index (Phi) is 3.31. The second-order valence-corrected chi connectivity index (χ2v) is 3.46. The summed E-state index contributed by atoms with van der Waals surface area (Å²) in [6.07, 6.45) is 0. The SMILES string of the molecule is Fc1ccccc1COc1ccc(Cl)nn1. The highest BCUT2D eigenvalue weighted by Crippen LogP contribution is 2.12. The largest absolute Gasteiger partial charge is 0.472 e. The minimum Gasteiger partial charge on any atom is -0.472 e. The highest BCUT2D eigenvalue weighted by Gasteiger charge is 2.02. The van der Waals surface area contributed by atoms with Gasteiger partial charge in [-0.1, -0.05) is 29.8 Å². The molecule has 82 valence electrons. The molecule has 0 saturated carbocycles. The van der Waals surface area contributed by atoms with E-state index in [2.05, 4.69) is 10.2 Å². The average Bonchev–Trinajstić information content (AvgIpc) is 2.30. The molecule has 0 saturated heterocycles. The first kappa shape index (κ1) is 10.8. The molecule has 0 bridgehead atoms. The van der Waals surface area contributed by atoms with Crippen molar-refractivity contribution in [3.05, 3.63) is 52.9 Å². The predicted octanol–water partition coefficient (Wildman–Crippen LogP) is 2.85. The fraction of sp³-hybridized carbons (Fsp3) is 0.0909. The predicted molar refractivity (Wildman–Crippen MR) is 57.8 cm³/mol. The molecule has 0 aliphatic carbocycles. The van der Waals surface area contributed by atoms with Gasteiger partial charge < -0.3 is 4.74 Å². The molecule has 0 atom stereocenters. The van der Waals surface area contributed by atoms with Crippen LogP contribution in [0, 0.1) is 5.82 Å². The Morgan fingerprint density at radius 1 is 1.12 bits per heavy atom. The Bertz CT molecular complexity index is 476. The monoisotopic (exact) mass is 238 g/mol. The van der Waals surface area contributed by atoms with Gasteiger partial charge in [-0.25, -0.2) is 4.39 Å². The van der Waals surface area contributed by atoms with Crippen molar-refractivity contribution in [1.82, 2.24) is 10.2 Å². The standard InChI is InChI=1S/C11H8ClFN2O/c12-10-5-6-11(15-14-10)16-7-8-3-1-2-4-9(8)13/h1-6H,7H2. The maximum Gasteiger partial charge on any atom is 0.233 e. The van der Waals surface area contributed by atoms with Crippen molar-refractivity contribution in [3.8, 4) is 5.88 Å². The van der Waals surface area contributed by atoms with Crippen LogP contribution in [0.4, 0.5) is 4.39 Å². The van der Waals surface area contributed by atoms with Crippen LogP contribution in [0.2, 0.25) is 5.15 Å². The lowest BCUT2D eigenvalue weighted by Crippen LogP contribution is -2.00. The van der Waals surface area contributed by atoms with E-state index >= 15 is 0 Å². The molecule has 16 heavy (non-hydrogen) atoms. The van der Waals surface area contributed by atoms with Crippen LogP contribution < -0.4 is 4.74 Å². The maximum atomic E-state index is 13.2. The fourth-order valence-electron chi connectivity index (χ4n) is 1.15. The van der Waals surface area contributed by atoms with Crippen LogP contribution in [0.25, 0.3) is 0 Å². The fourth-order valence-corrected chi connectivity index (χ4v) is 1.25. The van der Waals surface area contributed by atoms with E-state index in [1.54, 1.807) is 30.3 Å². The van der Waals surface area contributed by atoms with Gasteiger partial charge in [-0.2, -0.15) is 0 Å². The van der Waals surface area contributed by atoms with Gasteiger partial charge in [0.15, 0.2) is 5.15 Å². The zero-order valence-corrected chi connectivity index (χ0v) is 8.99. The molecule has 1 aromatic carbocycles. The first-order valence-electron chi connectivity index (χ1n) is 4.61.